The lowest BCUT2D eigenvalue weighted by molar-refractivity contribution is 0.206. The summed E-state index contributed by atoms with van der Waals surface area (Å²) >= 11 is 0. The van der Waals surface area contributed by atoms with Crippen molar-refractivity contribution in [3.8, 4) is 0 Å². The van der Waals surface area contributed by atoms with Crippen molar-refractivity contribution in [1.82, 2.24) is 24.0 Å². The highest BCUT2D eigenvalue weighted by Gasteiger charge is 2.28. The van der Waals surface area contributed by atoms with Gasteiger partial charge in [-0.3, -0.25) is 0 Å². The molecular weight excluding hydrogens is 354 g/mol. The third-order valence-electron chi connectivity index (χ3n) is 3.69. The van der Waals surface area contributed by atoms with Crippen LogP contribution in [0.2, 0.25) is 0 Å². The van der Waals surface area contributed by atoms with Crippen LogP contribution in [0.25, 0.3) is 0 Å². The highest BCUT2D eigenvalue weighted by atomic mass is 32.2. The molecule has 0 spiro atoms. The summed E-state index contributed by atoms with van der Waals surface area (Å²) in [6.45, 7) is 12.6. The molecule has 0 fully saturated rings. The van der Waals surface area contributed by atoms with E-state index in [-0.39, 0.29) is 5.16 Å². The molecule has 0 saturated heterocycles. The number of hydrogen-bond acceptors (Lipinski definition) is 5. The Morgan fingerprint density at radius 3 is 2.35 bits per heavy atom. The van der Waals surface area contributed by atoms with E-state index in [2.05, 4.69) is 30.2 Å². The maximum atomic E-state index is 12.8. The van der Waals surface area contributed by atoms with Gasteiger partial charge in [0.15, 0.2) is 0 Å². The summed E-state index contributed by atoms with van der Waals surface area (Å²) < 4.78 is 27.9. The minimum atomic E-state index is -3.83. The molecule has 8 nitrogen and oxygen atoms in total. The van der Waals surface area contributed by atoms with E-state index in [1.54, 1.807) is 12.2 Å². The van der Waals surface area contributed by atoms with E-state index in [1.807, 2.05) is 6.92 Å². The fourth-order valence-electron chi connectivity index (χ4n) is 2.40. The van der Waals surface area contributed by atoms with Crippen LogP contribution in [0.15, 0.2) is 36.8 Å². The van der Waals surface area contributed by atoms with E-state index in [0.717, 1.165) is 30.3 Å². The van der Waals surface area contributed by atoms with Gasteiger partial charge in [-0.1, -0.05) is 38.8 Å². The van der Waals surface area contributed by atoms with Crippen LogP contribution in [0.1, 0.15) is 39.5 Å². The first-order chi connectivity index (χ1) is 12.4. The van der Waals surface area contributed by atoms with Gasteiger partial charge in [-0.05, 0) is 12.8 Å². The van der Waals surface area contributed by atoms with Crippen LogP contribution >= 0.6 is 0 Å². The number of aromatic nitrogens is 3. The second kappa shape index (κ2) is 10.9. The van der Waals surface area contributed by atoms with Crippen LogP contribution in [0, 0.1) is 0 Å². The molecular formula is C17H29N5O3S. The van der Waals surface area contributed by atoms with Gasteiger partial charge in [0, 0.05) is 26.2 Å². The average molecular weight is 384 g/mol. The van der Waals surface area contributed by atoms with Gasteiger partial charge in [0.2, 0.25) is 0 Å². The molecule has 9 heteroatoms. The fraction of sp³-hybridized carbons (Fsp3) is 0.588. The predicted octanol–water partition coefficient (Wildman–Crippen LogP) is 2.51. The first-order valence-electron chi connectivity index (χ1n) is 8.85. The van der Waals surface area contributed by atoms with Crippen molar-refractivity contribution in [3.63, 3.8) is 0 Å². The molecule has 1 aromatic heterocycles. The molecule has 0 unspecified atom stereocenters. The predicted molar refractivity (Wildman–Crippen MR) is 101 cm³/mol. The summed E-state index contributed by atoms with van der Waals surface area (Å²) in [5.74, 6) is 0. The van der Waals surface area contributed by atoms with Gasteiger partial charge in [-0.25, -0.2) is 18.2 Å². The van der Waals surface area contributed by atoms with Crippen LogP contribution in [-0.4, -0.2) is 64.6 Å². The van der Waals surface area contributed by atoms with Crippen LogP contribution in [0.3, 0.4) is 0 Å². The van der Waals surface area contributed by atoms with Crippen LogP contribution in [0.5, 0.6) is 0 Å². The molecule has 1 rings (SSSR count). The van der Waals surface area contributed by atoms with Crippen molar-refractivity contribution in [3.05, 3.63) is 31.6 Å². The Kier molecular flexibility index (Phi) is 9.22. The number of carbonyl (C=O) groups excluding carboxylic acids is 1. The van der Waals surface area contributed by atoms with E-state index in [0.29, 0.717) is 32.6 Å². The van der Waals surface area contributed by atoms with Crippen molar-refractivity contribution in [2.75, 3.05) is 26.2 Å². The summed E-state index contributed by atoms with van der Waals surface area (Å²) in [5, 5.41) is 3.56. The second-order valence-electron chi connectivity index (χ2n) is 5.85. The van der Waals surface area contributed by atoms with Crippen molar-refractivity contribution in [2.24, 2.45) is 0 Å². The summed E-state index contributed by atoms with van der Waals surface area (Å²) in [6.07, 6.45) is 7.71. The van der Waals surface area contributed by atoms with Crippen LogP contribution in [0.4, 0.5) is 4.79 Å². The number of carbonyl (C=O) groups is 1. The standard InChI is InChI=1S/C17H29N5O3S/c1-5-9-10-14-21(13-8-4)26(24,25)16-18-15-22(19-16)17(23)20(11-6-2)12-7-3/h6-7,15H,2-3,5,8-14H2,1,4H3. The Morgan fingerprint density at radius 2 is 1.81 bits per heavy atom. The third kappa shape index (κ3) is 5.77. The van der Waals surface area contributed by atoms with Crippen molar-refractivity contribution < 1.29 is 13.2 Å². The quantitative estimate of drug-likeness (QED) is 0.409. The maximum Gasteiger partial charge on any atom is 0.346 e. The summed E-state index contributed by atoms with van der Waals surface area (Å²) in [6, 6.07) is -0.480. The summed E-state index contributed by atoms with van der Waals surface area (Å²) in [4.78, 5) is 17.7. The largest absolute Gasteiger partial charge is 0.346 e. The third-order valence-corrected chi connectivity index (χ3v) is 5.38. The van der Waals surface area contributed by atoms with Gasteiger partial charge in [-0.15, -0.1) is 18.3 Å². The minimum Gasteiger partial charge on any atom is -0.315 e. The normalized spacial score (nSPS) is 11.5. The maximum absolute atomic E-state index is 12.8. The van der Waals surface area contributed by atoms with Crippen LogP contribution < -0.4 is 0 Å². The first kappa shape index (κ1) is 22.0. The second-order valence-corrected chi connectivity index (χ2v) is 7.68. The lowest BCUT2D eigenvalue weighted by Gasteiger charge is -2.20. The molecule has 146 valence electrons. The molecule has 1 amide bonds. The Labute approximate surface area is 156 Å². The Bertz CT molecular complexity index is 689. The summed E-state index contributed by atoms with van der Waals surface area (Å²) in [5.41, 5.74) is 0. The first-order valence-corrected chi connectivity index (χ1v) is 10.3. The topological polar surface area (TPSA) is 88.4 Å². The highest BCUT2D eigenvalue weighted by Crippen LogP contribution is 2.13. The molecule has 0 aliphatic carbocycles. The van der Waals surface area contributed by atoms with Gasteiger partial charge in [0.25, 0.3) is 15.2 Å². The zero-order valence-electron chi connectivity index (χ0n) is 15.7. The molecule has 26 heavy (non-hydrogen) atoms. The molecule has 1 heterocycles. The number of rotatable bonds is 12. The molecule has 0 bridgehead atoms. The van der Waals surface area contributed by atoms with E-state index in [4.69, 9.17) is 0 Å². The molecule has 0 saturated carbocycles. The zero-order valence-corrected chi connectivity index (χ0v) is 16.5. The number of unbranched alkanes of at least 4 members (excludes halogenated alkanes) is 2. The van der Waals surface area contributed by atoms with Gasteiger partial charge < -0.3 is 4.90 Å². The number of amides is 1. The van der Waals surface area contributed by atoms with E-state index in [9.17, 15) is 13.2 Å². The van der Waals surface area contributed by atoms with Gasteiger partial charge in [0.1, 0.15) is 6.33 Å². The molecule has 0 aliphatic rings. The van der Waals surface area contributed by atoms with Crippen LogP contribution in [-0.2, 0) is 10.0 Å². The van der Waals surface area contributed by atoms with Crippen molar-refractivity contribution in [2.45, 2.75) is 44.7 Å². The molecule has 0 aromatic carbocycles. The van der Waals surface area contributed by atoms with E-state index < -0.39 is 16.1 Å². The van der Waals surface area contributed by atoms with Crippen molar-refractivity contribution in [1.29, 1.82) is 0 Å². The molecule has 0 radical (unpaired) electrons. The average Bonchev–Trinajstić information content (AvgIpc) is 3.11. The molecule has 0 aliphatic heterocycles. The highest BCUT2D eigenvalue weighted by molar-refractivity contribution is 7.88. The number of nitrogens with zero attached hydrogens (tertiary/aromatic N) is 5. The van der Waals surface area contributed by atoms with Gasteiger partial charge in [0.05, 0.1) is 0 Å². The Hall–Kier alpha value is -2.00. The smallest absolute Gasteiger partial charge is 0.315 e. The monoisotopic (exact) mass is 383 g/mol. The number of hydrogen-bond donors (Lipinski definition) is 0. The molecule has 0 N–H and O–H groups in total. The molecule has 1 aromatic rings. The molecule has 0 atom stereocenters. The fourth-order valence-corrected chi connectivity index (χ4v) is 3.80. The van der Waals surface area contributed by atoms with E-state index >= 15 is 0 Å². The Balaban J connectivity index is 3.02. The Morgan fingerprint density at radius 1 is 1.15 bits per heavy atom. The van der Waals surface area contributed by atoms with Gasteiger partial charge in [-0.2, -0.15) is 8.99 Å². The SMILES string of the molecule is C=CCN(CC=C)C(=O)n1cnc(S(=O)(=O)N(CCC)CCCCC)n1. The lowest BCUT2D eigenvalue weighted by atomic mass is 10.2. The minimum absolute atomic E-state index is 0.297. The summed E-state index contributed by atoms with van der Waals surface area (Å²) in [7, 11) is -3.83. The lowest BCUT2D eigenvalue weighted by Crippen LogP contribution is -2.36. The van der Waals surface area contributed by atoms with Crippen molar-refractivity contribution >= 4 is 16.1 Å². The zero-order chi connectivity index (χ0) is 19.6. The van der Waals surface area contributed by atoms with Gasteiger partial charge >= 0.3 is 6.03 Å². The number of sulfonamides is 1. The van der Waals surface area contributed by atoms with E-state index in [1.165, 1.54) is 9.21 Å².